The van der Waals surface area contributed by atoms with Crippen molar-refractivity contribution in [2.24, 2.45) is 0 Å². The van der Waals surface area contributed by atoms with Crippen LogP contribution in [0.1, 0.15) is 24.8 Å². The van der Waals surface area contributed by atoms with Crippen molar-refractivity contribution < 1.29 is 13.7 Å². The monoisotopic (exact) mass is 295 g/mol. The van der Waals surface area contributed by atoms with Gasteiger partial charge in [0.2, 0.25) is 0 Å². The molecule has 4 nitrogen and oxygen atoms in total. The number of hydrogen-bond acceptors (Lipinski definition) is 4. The van der Waals surface area contributed by atoms with Crippen LogP contribution in [0.25, 0.3) is 0 Å². The Morgan fingerprint density at radius 2 is 2.25 bits per heavy atom. The first-order valence-electron chi connectivity index (χ1n) is 7.09. The van der Waals surface area contributed by atoms with E-state index >= 15 is 0 Å². The second kappa shape index (κ2) is 5.47. The molecule has 0 aliphatic carbocycles. The van der Waals surface area contributed by atoms with E-state index in [0.29, 0.717) is 18.9 Å². The Bertz CT molecular complexity index is 526. The molecule has 0 bridgehead atoms. The Labute approximate surface area is 122 Å². The number of para-hydroxylation sites is 1. The van der Waals surface area contributed by atoms with Gasteiger partial charge >= 0.3 is 0 Å². The van der Waals surface area contributed by atoms with Crippen LogP contribution in [0.15, 0.2) is 23.1 Å². The van der Waals surface area contributed by atoms with E-state index in [1.165, 1.54) is 0 Å². The lowest BCUT2D eigenvalue weighted by molar-refractivity contribution is -0.0774. The van der Waals surface area contributed by atoms with Gasteiger partial charge < -0.3 is 15.2 Å². The zero-order valence-corrected chi connectivity index (χ0v) is 12.6. The maximum Gasteiger partial charge on any atom is 0.0948 e. The Hall–Kier alpha value is -0.910. The third kappa shape index (κ3) is 2.50. The van der Waals surface area contributed by atoms with Gasteiger partial charge in [-0.2, -0.15) is 0 Å². The van der Waals surface area contributed by atoms with Crippen LogP contribution < -0.4 is 5.73 Å². The Kier molecular flexibility index (Phi) is 3.84. The van der Waals surface area contributed by atoms with E-state index in [9.17, 15) is 4.21 Å². The summed E-state index contributed by atoms with van der Waals surface area (Å²) in [5.41, 5.74) is 7.52. The number of hydrogen-bond donors (Lipinski definition) is 1. The van der Waals surface area contributed by atoms with Crippen molar-refractivity contribution in [1.29, 1.82) is 0 Å². The second-order valence-corrected chi connectivity index (χ2v) is 7.43. The molecule has 110 valence electrons. The molecule has 0 amide bonds. The molecule has 3 unspecified atom stereocenters. The van der Waals surface area contributed by atoms with Crippen LogP contribution in [0.3, 0.4) is 0 Å². The molecule has 1 aromatic rings. The first-order chi connectivity index (χ1) is 9.61. The summed E-state index contributed by atoms with van der Waals surface area (Å²) in [7, 11) is -1.07. The molecule has 5 heteroatoms. The summed E-state index contributed by atoms with van der Waals surface area (Å²) in [6.45, 7) is 3.98. The number of nitrogen functional groups attached to an aromatic ring is 1. The van der Waals surface area contributed by atoms with Gasteiger partial charge in [-0.05, 0) is 31.4 Å². The van der Waals surface area contributed by atoms with Crippen LogP contribution >= 0.6 is 0 Å². The molecule has 1 spiro atoms. The van der Waals surface area contributed by atoms with Crippen LogP contribution in [-0.2, 0) is 20.3 Å². The lowest BCUT2D eigenvalue weighted by atomic mass is 9.93. The van der Waals surface area contributed by atoms with E-state index in [2.05, 4.69) is 0 Å². The second-order valence-electron chi connectivity index (χ2n) is 5.73. The molecular weight excluding hydrogens is 274 g/mol. The van der Waals surface area contributed by atoms with E-state index in [4.69, 9.17) is 15.2 Å². The number of ether oxygens (including phenoxy) is 2. The molecule has 2 aliphatic rings. The standard InChI is InChI=1S/C15H21NO3S/c1-11-3-2-4-13(14(11)16)20(17)12-5-7-19-15(9-12)6-8-18-10-15/h2-4,12H,5-10,16H2,1H3. The Morgan fingerprint density at radius 1 is 1.40 bits per heavy atom. The first-order valence-corrected chi connectivity index (χ1v) is 8.30. The van der Waals surface area contributed by atoms with Gasteiger partial charge in [0, 0.05) is 24.9 Å². The van der Waals surface area contributed by atoms with Gasteiger partial charge in [0.05, 0.1) is 33.6 Å². The topological polar surface area (TPSA) is 61.5 Å². The minimum absolute atomic E-state index is 0.106. The van der Waals surface area contributed by atoms with Gasteiger partial charge in [0.15, 0.2) is 0 Å². The average molecular weight is 295 g/mol. The van der Waals surface area contributed by atoms with Gasteiger partial charge in [-0.1, -0.05) is 12.1 Å². The van der Waals surface area contributed by atoms with Crippen molar-refractivity contribution in [1.82, 2.24) is 0 Å². The highest BCUT2D eigenvalue weighted by Crippen LogP contribution is 2.37. The summed E-state index contributed by atoms with van der Waals surface area (Å²) in [6, 6.07) is 5.75. The number of nitrogens with two attached hydrogens (primary N) is 1. The maximum atomic E-state index is 12.8. The third-order valence-electron chi connectivity index (χ3n) is 4.32. The SMILES string of the molecule is Cc1cccc(S(=O)C2CCOC3(CCOC3)C2)c1N. The first kappa shape index (κ1) is 14.0. The van der Waals surface area contributed by atoms with E-state index in [1.807, 2.05) is 25.1 Å². The van der Waals surface area contributed by atoms with Crippen molar-refractivity contribution in [3.8, 4) is 0 Å². The lowest BCUT2D eigenvalue weighted by Gasteiger charge is -2.36. The highest BCUT2D eigenvalue weighted by Gasteiger charge is 2.43. The fraction of sp³-hybridized carbons (Fsp3) is 0.600. The molecule has 2 saturated heterocycles. The number of rotatable bonds is 2. The summed E-state index contributed by atoms with van der Waals surface area (Å²) in [6.07, 6.45) is 2.53. The summed E-state index contributed by atoms with van der Waals surface area (Å²) in [4.78, 5) is 0.769. The van der Waals surface area contributed by atoms with Crippen molar-refractivity contribution in [2.75, 3.05) is 25.6 Å². The molecular formula is C15H21NO3S. The molecule has 2 heterocycles. The quantitative estimate of drug-likeness (QED) is 0.848. The third-order valence-corrected chi connectivity index (χ3v) is 6.12. The molecule has 2 fully saturated rings. The number of anilines is 1. The smallest absolute Gasteiger partial charge is 0.0948 e. The van der Waals surface area contributed by atoms with Crippen LogP contribution in [0.2, 0.25) is 0 Å². The van der Waals surface area contributed by atoms with Gasteiger partial charge in [-0.3, -0.25) is 4.21 Å². The van der Waals surface area contributed by atoms with E-state index in [1.54, 1.807) is 0 Å². The van der Waals surface area contributed by atoms with E-state index in [-0.39, 0.29) is 10.9 Å². The van der Waals surface area contributed by atoms with Crippen LogP contribution in [0.5, 0.6) is 0 Å². The van der Waals surface area contributed by atoms with Gasteiger partial charge in [-0.15, -0.1) is 0 Å². The summed E-state index contributed by atoms with van der Waals surface area (Å²) in [5, 5.41) is 0.106. The van der Waals surface area contributed by atoms with Crippen LogP contribution in [0.4, 0.5) is 5.69 Å². The number of aryl methyl sites for hydroxylation is 1. The zero-order valence-electron chi connectivity index (χ0n) is 11.8. The Balaban J connectivity index is 1.81. The fourth-order valence-electron chi connectivity index (χ4n) is 3.04. The molecule has 2 N–H and O–H groups in total. The maximum absolute atomic E-state index is 12.8. The fourth-order valence-corrected chi connectivity index (χ4v) is 4.75. The van der Waals surface area contributed by atoms with Crippen LogP contribution in [-0.4, -0.2) is 34.9 Å². The molecule has 3 atom stereocenters. The van der Waals surface area contributed by atoms with Crippen molar-refractivity contribution >= 4 is 16.5 Å². The summed E-state index contributed by atoms with van der Waals surface area (Å²) < 4.78 is 24.2. The molecule has 0 radical (unpaired) electrons. The lowest BCUT2D eigenvalue weighted by Crippen LogP contribution is -2.43. The summed E-state index contributed by atoms with van der Waals surface area (Å²) >= 11 is 0. The van der Waals surface area contributed by atoms with Crippen molar-refractivity contribution in [2.45, 2.75) is 41.9 Å². The normalized spacial score (nSPS) is 31.6. The van der Waals surface area contributed by atoms with Gasteiger partial charge in [-0.25, -0.2) is 0 Å². The highest BCUT2D eigenvalue weighted by molar-refractivity contribution is 7.85. The molecule has 0 saturated carbocycles. The molecule has 0 aromatic heterocycles. The Morgan fingerprint density at radius 3 is 3.00 bits per heavy atom. The minimum Gasteiger partial charge on any atom is -0.398 e. The summed E-state index contributed by atoms with van der Waals surface area (Å²) in [5.74, 6) is 0. The zero-order chi connectivity index (χ0) is 14.2. The van der Waals surface area contributed by atoms with Crippen molar-refractivity contribution in [3.63, 3.8) is 0 Å². The average Bonchev–Trinajstić information content (AvgIpc) is 2.89. The highest BCUT2D eigenvalue weighted by atomic mass is 32.2. The number of benzene rings is 1. The molecule has 20 heavy (non-hydrogen) atoms. The molecule has 2 aliphatic heterocycles. The van der Waals surface area contributed by atoms with Gasteiger partial charge in [0.1, 0.15) is 0 Å². The van der Waals surface area contributed by atoms with Crippen molar-refractivity contribution in [3.05, 3.63) is 23.8 Å². The predicted molar refractivity (Wildman–Crippen MR) is 79.1 cm³/mol. The molecule has 1 aromatic carbocycles. The minimum atomic E-state index is -1.07. The largest absolute Gasteiger partial charge is 0.398 e. The van der Waals surface area contributed by atoms with E-state index in [0.717, 1.165) is 36.3 Å². The van der Waals surface area contributed by atoms with E-state index < -0.39 is 10.8 Å². The van der Waals surface area contributed by atoms with Gasteiger partial charge in [0.25, 0.3) is 0 Å². The molecule has 3 rings (SSSR count). The van der Waals surface area contributed by atoms with Crippen LogP contribution in [0, 0.1) is 6.92 Å². The predicted octanol–water partition coefficient (Wildman–Crippen LogP) is 2.02.